The van der Waals surface area contributed by atoms with E-state index in [1.165, 1.54) is 0 Å². The molecule has 0 aromatic rings. The maximum atomic E-state index is 8.73. The molecule has 0 aromatic heterocycles. The third-order valence-electron chi connectivity index (χ3n) is 1.54. The fourth-order valence-corrected chi connectivity index (χ4v) is 0.771. The average Bonchev–Trinajstić information content (AvgIpc) is 1.99. The second-order valence-corrected chi connectivity index (χ2v) is 2.78. The van der Waals surface area contributed by atoms with Crippen LogP contribution in [0.3, 0.4) is 0 Å². The minimum atomic E-state index is 0.109. The molecule has 1 atom stereocenters. The summed E-state index contributed by atoms with van der Waals surface area (Å²) in [4.78, 5) is 0. The van der Waals surface area contributed by atoms with E-state index < -0.39 is 0 Å². The molecule has 0 bridgehead atoms. The molecule has 11 heavy (non-hydrogen) atoms. The Hall–Kier alpha value is -0.820. The van der Waals surface area contributed by atoms with Crippen molar-refractivity contribution in [1.82, 2.24) is 0 Å². The van der Waals surface area contributed by atoms with E-state index in [9.17, 15) is 0 Å². The van der Waals surface area contributed by atoms with Crippen molar-refractivity contribution in [2.75, 3.05) is 6.61 Å². The molecular weight excluding hydrogens is 136 g/mol. The molecule has 0 heterocycles. The number of allylic oxidation sites excluding steroid dienone is 3. The summed E-state index contributed by atoms with van der Waals surface area (Å²) in [6.45, 7) is 11.4. The zero-order valence-electron chi connectivity index (χ0n) is 7.30. The lowest BCUT2D eigenvalue weighted by Gasteiger charge is -2.07. The molecule has 0 unspecified atom stereocenters. The second-order valence-electron chi connectivity index (χ2n) is 2.78. The molecule has 0 fully saturated rings. The van der Waals surface area contributed by atoms with Crippen LogP contribution < -0.4 is 0 Å². The summed E-state index contributed by atoms with van der Waals surface area (Å²) in [5.74, 6) is 0.196. The summed E-state index contributed by atoms with van der Waals surface area (Å²) in [5, 5.41) is 8.73. The van der Waals surface area contributed by atoms with Crippen LogP contribution in [-0.4, -0.2) is 11.7 Å². The maximum absolute atomic E-state index is 8.73. The lowest BCUT2D eigenvalue weighted by Crippen LogP contribution is -1.95. The van der Waals surface area contributed by atoms with E-state index in [1.54, 1.807) is 0 Å². The number of aliphatic hydroxyl groups is 1. The van der Waals surface area contributed by atoms with Crippen molar-refractivity contribution in [2.24, 2.45) is 5.92 Å². The first-order chi connectivity index (χ1) is 5.11. The van der Waals surface area contributed by atoms with Gasteiger partial charge in [0.1, 0.15) is 0 Å². The highest BCUT2D eigenvalue weighted by Crippen LogP contribution is 2.12. The zero-order valence-corrected chi connectivity index (χ0v) is 7.30. The van der Waals surface area contributed by atoms with Crippen LogP contribution in [0.15, 0.2) is 36.5 Å². The lowest BCUT2D eigenvalue weighted by atomic mass is 10.00. The van der Waals surface area contributed by atoms with Gasteiger partial charge in [0.15, 0.2) is 0 Å². The summed E-state index contributed by atoms with van der Waals surface area (Å²) in [6, 6.07) is 0. The van der Waals surface area contributed by atoms with Crippen LogP contribution in [0.4, 0.5) is 0 Å². The molecule has 0 amide bonds. The van der Waals surface area contributed by atoms with Gasteiger partial charge in [-0.2, -0.15) is 0 Å². The van der Waals surface area contributed by atoms with Crippen molar-refractivity contribution in [2.45, 2.75) is 13.8 Å². The van der Waals surface area contributed by atoms with E-state index in [0.717, 1.165) is 11.1 Å². The molecule has 0 saturated heterocycles. The molecule has 0 radical (unpaired) electrons. The Balaban J connectivity index is 4.29. The van der Waals surface area contributed by atoms with Crippen LogP contribution >= 0.6 is 0 Å². The van der Waals surface area contributed by atoms with Gasteiger partial charge >= 0.3 is 0 Å². The molecule has 62 valence electrons. The van der Waals surface area contributed by atoms with Gasteiger partial charge in [0.2, 0.25) is 0 Å². The predicted molar refractivity (Wildman–Crippen MR) is 49.3 cm³/mol. The van der Waals surface area contributed by atoms with Gasteiger partial charge in [-0.05, 0) is 13.8 Å². The van der Waals surface area contributed by atoms with Crippen molar-refractivity contribution in [3.63, 3.8) is 0 Å². The molecular formula is C10H16O. The molecule has 1 N–H and O–H groups in total. The van der Waals surface area contributed by atoms with Gasteiger partial charge in [-0.25, -0.2) is 0 Å². The first kappa shape index (κ1) is 10.2. The Labute approximate surface area is 68.7 Å². The summed E-state index contributed by atoms with van der Waals surface area (Å²) < 4.78 is 0. The van der Waals surface area contributed by atoms with Crippen LogP contribution in [0.1, 0.15) is 13.8 Å². The topological polar surface area (TPSA) is 20.2 Å². The van der Waals surface area contributed by atoms with Crippen LogP contribution in [0.25, 0.3) is 0 Å². The van der Waals surface area contributed by atoms with Crippen LogP contribution in [0.2, 0.25) is 0 Å². The first-order valence-electron chi connectivity index (χ1n) is 3.68. The van der Waals surface area contributed by atoms with Gasteiger partial charge in [0.05, 0.1) is 6.61 Å². The van der Waals surface area contributed by atoms with E-state index in [1.807, 2.05) is 26.0 Å². The van der Waals surface area contributed by atoms with Crippen LogP contribution in [0, 0.1) is 5.92 Å². The Morgan fingerprint density at radius 2 is 2.09 bits per heavy atom. The highest BCUT2D eigenvalue weighted by atomic mass is 16.3. The van der Waals surface area contributed by atoms with Crippen LogP contribution in [-0.2, 0) is 0 Å². The largest absolute Gasteiger partial charge is 0.392 e. The van der Waals surface area contributed by atoms with E-state index in [4.69, 9.17) is 5.11 Å². The van der Waals surface area contributed by atoms with Crippen molar-refractivity contribution in [1.29, 1.82) is 0 Å². The third kappa shape index (κ3) is 3.79. The minimum absolute atomic E-state index is 0.109. The van der Waals surface area contributed by atoms with Gasteiger partial charge in [-0.3, -0.25) is 0 Å². The Morgan fingerprint density at radius 1 is 1.55 bits per heavy atom. The molecule has 1 heteroatoms. The summed E-state index contributed by atoms with van der Waals surface area (Å²) >= 11 is 0. The highest BCUT2D eigenvalue weighted by Gasteiger charge is 1.99. The minimum Gasteiger partial charge on any atom is -0.392 e. The molecule has 0 aromatic carbocycles. The van der Waals surface area contributed by atoms with Crippen molar-refractivity contribution in [3.8, 4) is 0 Å². The SMILES string of the molecule is C=C[C@H](C=C(C)CO)C(=C)C. The lowest BCUT2D eigenvalue weighted by molar-refractivity contribution is 0.330. The van der Waals surface area contributed by atoms with Gasteiger partial charge < -0.3 is 5.11 Å². The highest BCUT2D eigenvalue weighted by molar-refractivity contribution is 5.17. The van der Waals surface area contributed by atoms with Crippen molar-refractivity contribution >= 4 is 0 Å². The normalized spacial score (nSPS) is 14.3. The maximum Gasteiger partial charge on any atom is 0.0639 e. The van der Waals surface area contributed by atoms with Gasteiger partial charge in [0, 0.05) is 5.92 Å². The van der Waals surface area contributed by atoms with Gasteiger partial charge in [-0.1, -0.05) is 29.9 Å². The van der Waals surface area contributed by atoms with E-state index in [0.29, 0.717) is 0 Å². The summed E-state index contributed by atoms with van der Waals surface area (Å²) in [6.07, 6.45) is 3.79. The van der Waals surface area contributed by atoms with E-state index in [2.05, 4.69) is 13.2 Å². The smallest absolute Gasteiger partial charge is 0.0639 e. The number of hydrogen-bond donors (Lipinski definition) is 1. The monoisotopic (exact) mass is 152 g/mol. The molecule has 0 rings (SSSR count). The van der Waals surface area contributed by atoms with Crippen LogP contribution in [0.5, 0.6) is 0 Å². The number of hydrogen-bond acceptors (Lipinski definition) is 1. The number of aliphatic hydroxyl groups excluding tert-OH is 1. The van der Waals surface area contributed by atoms with Crippen molar-refractivity contribution in [3.05, 3.63) is 36.5 Å². The molecule has 0 aliphatic carbocycles. The quantitative estimate of drug-likeness (QED) is 0.613. The molecule has 0 saturated carbocycles. The third-order valence-corrected chi connectivity index (χ3v) is 1.54. The van der Waals surface area contributed by atoms with E-state index in [-0.39, 0.29) is 12.5 Å². The van der Waals surface area contributed by atoms with Crippen molar-refractivity contribution < 1.29 is 5.11 Å². The fourth-order valence-electron chi connectivity index (χ4n) is 0.771. The average molecular weight is 152 g/mol. The summed E-state index contributed by atoms with van der Waals surface area (Å²) in [7, 11) is 0. The van der Waals surface area contributed by atoms with E-state index >= 15 is 0 Å². The standard InChI is InChI=1S/C10H16O/c1-5-10(8(2)3)6-9(4)7-11/h5-6,10-11H,1-2,7H2,3-4H3/t10-/m1/s1. The molecule has 0 aliphatic rings. The van der Waals surface area contributed by atoms with Gasteiger partial charge in [0.25, 0.3) is 0 Å². The summed E-state index contributed by atoms with van der Waals surface area (Å²) in [5.41, 5.74) is 2.01. The second kappa shape index (κ2) is 4.91. The first-order valence-corrected chi connectivity index (χ1v) is 3.68. The predicted octanol–water partition coefficient (Wildman–Crippen LogP) is 2.30. The number of rotatable bonds is 4. The zero-order chi connectivity index (χ0) is 8.85. The molecule has 1 nitrogen and oxygen atoms in total. The Bertz CT molecular complexity index is 177. The van der Waals surface area contributed by atoms with Gasteiger partial charge in [-0.15, -0.1) is 6.58 Å². The fraction of sp³-hybridized carbons (Fsp3) is 0.400. The molecule has 0 spiro atoms. The Kier molecular flexibility index (Phi) is 4.55. The molecule has 0 aliphatic heterocycles. The Morgan fingerprint density at radius 3 is 2.36 bits per heavy atom.